The first kappa shape index (κ1) is 12.9. The summed E-state index contributed by atoms with van der Waals surface area (Å²) in [6.07, 6.45) is 1.63. The monoisotopic (exact) mass is 216 g/mol. The van der Waals surface area contributed by atoms with Gasteiger partial charge in [-0.1, -0.05) is 0 Å². The summed E-state index contributed by atoms with van der Waals surface area (Å²) in [6, 6.07) is 0.593. The van der Waals surface area contributed by atoms with E-state index in [-0.39, 0.29) is 12.2 Å². The molecule has 3 atom stereocenters. The molecule has 0 aromatic rings. The largest absolute Gasteiger partial charge is 0.377 e. The van der Waals surface area contributed by atoms with Crippen molar-refractivity contribution in [2.24, 2.45) is 0 Å². The Labute approximate surface area is 92.9 Å². The maximum absolute atomic E-state index is 5.42. The molecule has 0 spiro atoms. The van der Waals surface area contributed by atoms with Crippen LogP contribution in [0.25, 0.3) is 0 Å². The van der Waals surface area contributed by atoms with Crippen LogP contribution in [0.3, 0.4) is 0 Å². The van der Waals surface area contributed by atoms with E-state index in [0.717, 1.165) is 19.6 Å². The fraction of sp³-hybridized carbons (Fsp3) is 1.00. The highest BCUT2D eigenvalue weighted by molar-refractivity contribution is 4.88. The Morgan fingerprint density at radius 2 is 1.80 bits per heavy atom. The lowest BCUT2D eigenvalue weighted by atomic mass is 10.2. The molecule has 0 bridgehead atoms. The number of methoxy groups -OCH3 is 2. The number of likely N-dealkylation sites (tertiary alicyclic amines) is 1. The van der Waals surface area contributed by atoms with Crippen LogP contribution < -0.4 is 5.32 Å². The molecule has 1 aliphatic rings. The molecule has 1 N–H and O–H groups in total. The number of hydrogen-bond donors (Lipinski definition) is 1. The fourth-order valence-electron chi connectivity index (χ4n) is 2.12. The number of nitrogens with one attached hydrogen (secondary N) is 1. The second-order valence-electron chi connectivity index (χ2n) is 4.24. The zero-order chi connectivity index (χ0) is 11.3. The predicted octanol–water partition coefficient (Wildman–Crippen LogP) is 0.330. The van der Waals surface area contributed by atoms with Gasteiger partial charge in [0.1, 0.15) is 0 Å². The van der Waals surface area contributed by atoms with Crippen LogP contribution in [0.1, 0.15) is 13.3 Å². The van der Waals surface area contributed by atoms with Crippen molar-refractivity contribution in [1.82, 2.24) is 10.2 Å². The van der Waals surface area contributed by atoms with Gasteiger partial charge in [0.2, 0.25) is 0 Å². The molecule has 1 rings (SSSR count). The summed E-state index contributed by atoms with van der Waals surface area (Å²) in [5.41, 5.74) is 0. The van der Waals surface area contributed by atoms with Gasteiger partial charge in [0.05, 0.1) is 12.2 Å². The lowest BCUT2D eigenvalue weighted by Crippen LogP contribution is -2.34. The third-order valence-electron chi connectivity index (χ3n) is 3.28. The van der Waals surface area contributed by atoms with Crippen LogP contribution in [0, 0.1) is 0 Å². The number of rotatable bonds is 6. The van der Waals surface area contributed by atoms with Crippen molar-refractivity contribution in [3.05, 3.63) is 0 Å². The third-order valence-corrected chi connectivity index (χ3v) is 3.28. The summed E-state index contributed by atoms with van der Waals surface area (Å²) >= 11 is 0. The van der Waals surface area contributed by atoms with Gasteiger partial charge in [-0.15, -0.1) is 0 Å². The average molecular weight is 216 g/mol. The van der Waals surface area contributed by atoms with Gasteiger partial charge in [0.25, 0.3) is 0 Å². The molecule has 4 heteroatoms. The molecular formula is C11H24N2O2. The minimum atomic E-state index is 0.229. The van der Waals surface area contributed by atoms with Gasteiger partial charge >= 0.3 is 0 Å². The van der Waals surface area contributed by atoms with Crippen LogP contribution in [-0.4, -0.2) is 64.1 Å². The first-order valence-electron chi connectivity index (χ1n) is 5.67. The van der Waals surface area contributed by atoms with Crippen LogP contribution in [-0.2, 0) is 9.47 Å². The predicted molar refractivity (Wildman–Crippen MR) is 61.2 cm³/mol. The van der Waals surface area contributed by atoms with Crippen LogP contribution in [0.2, 0.25) is 0 Å². The van der Waals surface area contributed by atoms with Crippen LogP contribution >= 0.6 is 0 Å². The van der Waals surface area contributed by atoms with E-state index in [2.05, 4.69) is 17.1 Å². The second-order valence-corrected chi connectivity index (χ2v) is 4.24. The molecule has 1 fully saturated rings. The Kier molecular flexibility index (Phi) is 5.53. The standard InChI is InChI=1S/C11H24N2O2/c1-9(5-6-12-2)13-7-10(14-3)11(8-13)15-4/h9-12H,5-8H2,1-4H3. The molecule has 0 aromatic heterocycles. The highest BCUT2D eigenvalue weighted by Crippen LogP contribution is 2.19. The van der Waals surface area contributed by atoms with Crippen molar-refractivity contribution in [1.29, 1.82) is 0 Å². The van der Waals surface area contributed by atoms with Gasteiger partial charge < -0.3 is 14.8 Å². The van der Waals surface area contributed by atoms with E-state index < -0.39 is 0 Å². The van der Waals surface area contributed by atoms with E-state index >= 15 is 0 Å². The summed E-state index contributed by atoms with van der Waals surface area (Å²) in [7, 11) is 5.52. The lowest BCUT2D eigenvalue weighted by molar-refractivity contribution is -0.00461. The molecule has 3 unspecified atom stereocenters. The van der Waals surface area contributed by atoms with E-state index in [9.17, 15) is 0 Å². The van der Waals surface area contributed by atoms with Gasteiger partial charge in [0.15, 0.2) is 0 Å². The van der Waals surface area contributed by atoms with Gasteiger partial charge in [-0.05, 0) is 26.9 Å². The van der Waals surface area contributed by atoms with Crippen molar-refractivity contribution in [3.8, 4) is 0 Å². The maximum Gasteiger partial charge on any atom is 0.0971 e. The minimum absolute atomic E-state index is 0.229. The average Bonchev–Trinajstić information content (AvgIpc) is 2.68. The van der Waals surface area contributed by atoms with Crippen molar-refractivity contribution in [2.45, 2.75) is 31.6 Å². The summed E-state index contributed by atoms with van der Waals surface area (Å²) < 4.78 is 10.8. The van der Waals surface area contributed by atoms with Crippen LogP contribution in [0.15, 0.2) is 0 Å². The zero-order valence-corrected chi connectivity index (χ0v) is 10.3. The molecule has 1 saturated heterocycles. The molecule has 90 valence electrons. The molecule has 0 saturated carbocycles. The Morgan fingerprint density at radius 1 is 1.27 bits per heavy atom. The molecule has 4 nitrogen and oxygen atoms in total. The summed E-state index contributed by atoms with van der Waals surface area (Å²) in [6.45, 7) is 5.30. The summed E-state index contributed by atoms with van der Waals surface area (Å²) in [5, 5.41) is 3.18. The second kappa shape index (κ2) is 6.43. The van der Waals surface area contributed by atoms with Gasteiger partial charge in [-0.2, -0.15) is 0 Å². The van der Waals surface area contributed by atoms with Crippen LogP contribution in [0.4, 0.5) is 0 Å². The van der Waals surface area contributed by atoms with Gasteiger partial charge in [0, 0.05) is 33.4 Å². The highest BCUT2D eigenvalue weighted by Gasteiger charge is 2.34. The topological polar surface area (TPSA) is 33.7 Å². The van der Waals surface area contributed by atoms with Crippen LogP contribution in [0.5, 0.6) is 0 Å². The SMILES string of the molecule is CNCCC(C)N1CC(OC)C(OC)C1. The van der Waals surface area contributed by atoms with E-state index in [1.165, 1.54) is 6.42 Å². The number of hydrogen-bond acceptors (Lipinski definition) is 4. The van der Waals surface area contributed by atoms with E-state index in [0.29, 0.717) is 6.04 Å². The van der Waals surface area contributed by atoms with E-state index in [1.54, 1.807) is 14.2 Å². The molecule has 0 aromatic carbocycles. The molecule has 0 amide bonds. The molecular weight excluding hydrogens is 192 g/mol. The zero-order valence-electron chi connectivity index (χ0n) is 10.3. The van der Waals surface area contributed by atoms with Crippen molar-refractivity contribution < 1.29 is 9.47 Å². The molecule has 1 aliphatic heterocycles. The smallest absolute Gasteiger partial charge is 0.0971 e. The van der Waals surface area contributed by atoms with Gasteiger partial charge in [-0.3, -0.25) is 4.90 Å². The molecule has 15 heavy (non-hydrogen) atoms. The lowest BCUT2D eigenvalue weighted by Gasteiger charge is -2.23. The van der Waals surface area contributed by atoms with Crippen molar-refractivity contribution >= 4 is 0 Å². The highest BCUT2D eigenvalue weighted by atomic mass is 16.5. The van der Waals surface area contributed by atoms with E-state index in [4.69, 9.17) is 9.47 Å². The van der Waals surface area contributed by atoms with Gasteiger partial charge in [-0.25, -0.2) is 0 Å². The number of nitrogens with zero attached hydrogens (tertiary/aromatic N) is 1. The maximum atomic E-state index is 5.42. The first-order valence-corrected chi connectivity index (χ1v) is 5.67. The Morgan fingerprint density at radius 3 is 2.20 bits per heavy atom. The van der Waals surface area contributed by atoms with Crippen molar-refractivity contribution in [3.63, 3.8) is 0 Å². The molecule has 1 heterocycles. The van der Waals surface area contributed by atoms with E-state index in [1.807, 2.05) is 7.05 Å². The Balaban J connectivity index is 2.38. The molecule has 0 radical (unpaired) electrons. The first-order chi connectivity index (χ1) is 7.22. The third kappa shape index (κ3) is 3.41. The van der Waals surface area contributed by atoms with Crippen molar-refractivity contribution in [2.75, 3.05) is 40.9 Å². The quantitative estimate of drug-likeness (QED) is 0.694. The summed E-state index contributed by atoms with van der Waals surface area (Å²) in [4.78, 5) is 2.44. The number of ether oxygens (including phenoxy) is 2. The molecule has 0 aliphatic carbocycles. The fourth-order valence-corrected chi connectivity index (χ4v) is 2.12. The minimum Gasteiger partial charge on any atom is -0.377 e. The Bertz CT molecular complexity index is 166. The summed E-state index contributed by atoms with van der Waals surface area (Å²) in [5.74, 6) is 0. The normalized spacial score (nSPS) is 29.6. The Hall–Kier alpha value is -0.160.